The third-order valence-electron chi connectivity index (χ3n) is 12.9. The lowest BCUT2D eigenvalue weighted by molar-refractivity contribution is -0.130. The van der Waals surface area contributed by atoms with Crippen LogP contribution in [-0.2, 0) is 14.3 Å². The molecule has 3 saturated carbocycles. The van der Waals surface area contributed by atoms with Crippen LogP contribution in [0.4, 0.5) is 0 Å². The van der Waals surface area contributed by atoms with Crippen LogP contribution in [0.25, 0.3) is 0 Å². The first-order chi connectivity index (χ1) is 18.6. The Morgan fingerprint density at radius 3 is 2.77 bits per heavy atom. The Labute approximate surface area is 237 Å². The second kappa shape index (κ2) is 10.6. The van der Waals surface area contributed by atoms with E-state index in [0.29, 0.717) is 47.5 Å². The van der Waals surface area contributed by atoms with Crippen LogP contribution in [0.5, 0.6) is 0 Å². The fraction of sp³-hybridized carbons (Fsp3) is 0.882. The molecule has 5 nitrogen and oxygen atoms in total. The number of fused-ring (bicyclic) bond motifs is 6. The van der Waals surface area contributed by atoms with Crippen LogP contribution in [-0.4, -0.2) is 54.0 Å². The van der Waals surface area contributed by atoms with E-state index >= 15 is 0 Å². The van der Waals surface area contributed by atoms with Crippen molar-refractivity contribution >= 4 is 11.7 Å². The van der Waals surface area contributed by atoms with Crippen molar-refractivity contribution in [1.29, 1.82) is 0 Å². The number of nitrogens with one attached hydrogen (secondary N) is 1. The highest BCUT2D eigenvalue weighted by Crippen LogP contribution is 2.65. The number of carbonyl (C=O) groups excluding carboxylic acids is 2. The van der Waals surface area contributed by atoms with Crippen molar-refractivity contribution in [3.05, 3.63) is 11.1 Å². The van der Waals surface area contributed by atoms with Crippen molar-refractivity contribution in [1.82, 2.24) is 10.2 Å². The second-order valence-corrected chi connectivity index (χ2v) is 15.1. The first-order valence-electron chi connectivity index (χ1n) is 16.5. The number of ketones is 1. The molecule has 0 aromatic rings. The van der Waals surface area contributed by atoms with E-state index in [9.17, 15) is 9.59 Å². The van der Waals surface area contributed by atoms with Crippen LogP contribution in [0.2, 0.25) is 0 Å². The van der Waals surface area contributed by atoms with E-state index in [0.717, 1.165) is 75.9 Å². The summed E-state index contributed by atoms with van der Waals surface area (Å²) in [6.45, 7) is 14.7. The minimum atomic E-state index is -0.0433. The van der Waals surface area contributed by atoms with Crippen LogP contribution < -0.4 is 5.32 Å². The molecule has 2 aliphatic heterocycles. The molecular formula is C34H54N2O3. The third-order valence-corrected chi connectivity index (χ3v) is 12.9. The van der Waals surface area contributed by atoms with E-state index in [-0.39, 0.29) is 11.5 Å². The Bertz CT molecular complexity index is 1010. The van der Waals surface area contributed by atoms with Gasteiger partial charge in [0.05, 0.1) is 11.7 Å². The van der Waals surface area contributed by atoms with E-state index in [1.54, 1.807) is 11.1 Å². The van der Waals surface area contributed by atoms with Gasteiger partial charge in [-0.3, -0.25) is 14.5 Å². The number of likely N-dealkylation sites (tertiary alicyclic amines) is 1. The number of hydrogen-bond donors (Lipinski definition) is 1. The lowest BCUT2D eigenvalue weighted by Crippen LogP contribution is -2.53. The zero-order valence-electron chi connectivity index (χ0n) is 25.4. The van der Waals surface area contributed by atoms with Gasteiger partial charge in [-0.1, -0.05) is 38.8 Å². The minimum absolute atomic E-state index is 0.0433. The predicted molar refractivity (Wildman–Crippen MR) is 155 cm³/mol. The monoisotopic (exact) mass is 538 g/mol. The number of hydrogen-bond acceptors (Lipinski definition) is 4. The van der Waals surface area contributed by atoms with Crippen molar-refractivity contribution in [3.63, 3.8) is 0 Å². The highest BCUT2D eigenvalue weighted by Gasteiger charge is 2.60. The standard InChI is InChI=1S/C34H54N2O3/c1-6-7-31(38)35-14-15-36-20-21(2)16-30-32(36)23(4)34(39-30)13-11-26-27-9-8-24-17-25(37)10-12-33(24,5)29(27)18-28(26)22(3)19-34/h21,23-24,26-27,29-30,32H,6-20H2,1-5H3,(H,35,38)/t21-,23+,24+,26-,27-,29-,30+,32-,33-,34-/m0/s1. The van der Waals surface area contributed by atoms with Gasteiger partial charge in [0, 0.05) is 50.9 Å². The third kappa shape index (κ3) is 4.76. The molecule has 0 radical (unpaired) electrons. The van der Waals surface area contributed by atoms with Crippen molar-refractivity contribution in [2.24, 2.45) is 40.9 Å². The van der Waals surface area contributed by atoms with E-state index in [1.807, 2.05) is 0 Å². The fourth-order valence-electron chi connectivity index (χ4n) is 10.9. The van der Waals surface area contributed by atoms with E-state index < -0.39 is 0 Å². The van der Waals surface area contributed by atoms with E-state index in [2.05, 4.69) is 44.8 Å². The van der Waals surface area contributed by atoms with Gasteiger partial charge in [0.1, 0.15) is 5.78 Å². The highest BCUT2D eigenvalue weighted by molar-refractivity contribution is 5.79. The molecule has 0 bridgehead atoms. The lowest BCUT2D eigenvalue weighted by atomic mass is 9.52. The lowest BCUT2D eigenvalue weighted by Gasteiger charge is -2.52. The predicted octanol–water partition coefficient (Wildman–Crippen LogP) is 6.31. The number of carbonyl (C=O) groups is 2. The molecular weight excluding hydrogens is 484 g/mol. The average Bonchev–Trinajstić information content (AvgIpc) is 3.34. The molecule has 2 heterocycles. The largest absolute Gasteiger partial charge is 0.369 e. The molecule has 0 unspecified atom stereocenters. The molecule has 5 fully saturated rings. The maximum Gasteiger partial charge on any atom is 0.220 e. The summed E-state index contributed by atoms with van der Waals surface area (Å²) in [6, 6.07) is 0.460. The smallest absolute Gasteiger partial charge is 0.220 e. The van der Waals surface area contributed by atoms with E-state index in [4.69, 9.17) is 4.74 Å². The molecule has 0 aromatic carbocycles. The first kappa shape index (κ1) is 27.9. The van der Waals surface area contributed by atoms with Crippen molar-refractivity contribution < 1.29 is 14.3 Å². The zero-order valence-corrected chi connectivity index (χ0v) is 25.4. The van der Waals surface area contributed by atoms with Gasteiger partial charge in [-0.15, -0.1) is 0 Å². The topological polar surface area (TPSA) is 58.6 Å². The Hall–Kier alpha value is -1.20. The van der Waals surface area contributed by atoms with Crippen LogP contribution in [0.1, 0.15) is 112 Å². The van der Waals surface area contributed by atoms with Crippen molar-refractivity contribution in [2.75, 3.05) is 19.6 Å². The van der Waals surface area contributed by atoms with Crippen molar-refractivity contribution in [2.45, 2.75) is 129 Å². The Balaban J connectivity index is 1.19. The van der Waals surface area contributed by atoms with Gasteiger partial charge in [0.15, 0.2) is 0 Å². The quantitative estimate of drug-likeness (QED) is 0.417. The molecule has 4 aliphatic carbocycles. The van der Waals surface area contributed by atoms with Gasteiger partial charge >= 0.3 is 0 Å². The summed E-state index contributed by atoms with van der Waals surface area (Å²) in [5.74, 6) is 4.76. The molecule has 6 rings (SSSR count). The summed E-state index contributed by atoms with van der Waals surface area (Å²) in [7, 11) is 0. The number of allylic oxidation sites excluding steroid dienone is 1. The fourth-order valence-corrected chi connectivity index (χ4v) is 10.9. The Morgan fingerprint density at radius 2 is 1.97 bits per heavy atom. The summed E-state index contributed by atoms with van der Waals surface area (Å²) >= 11 is 0. The molecule has 10 atom stereocenters. The summed E-state index contributed by atoms with van der Waals surface area (Å²) < 4.78 is 7.24. The van der Waals surface area contributed by atoms with Crippen molar-refractivity contribution in [3.8, 4) is 0 Å². The molecule has 2 saturated heterocycles. The number of amides is 1. The number of piperidine rings is 1. The highest BCUT2D eigenvalue weighted by atomic mass is 16.5. The van der Waals surface area contributed by atoms with Gasteiger partial charge in [-0.05, 0) is 99.7 Å². The second-order valence-electron chi connectivity index (χ2n) is 15.1. The van der Waals surface area contributed by atoms with Crippen LogP contribution in [0.3, 0.4) is 0 Å². The number of ether oxygens (including phenoxy) is 1. The first-order valence-corrected chi connectivity index (χ1v) is 16.5. The maximum atomic E-state index is 12.3. The van der Waals surface area contributed by atoms with Gasteiger partial charge in [-0.2, -0.15) is 0 Å². The molecule has 5 heteroatoms. The minimum Gasteiger partial charge on any atom is -0.369 e. The molecule has 218 valence electrons. The number of rotatable bonds is 5. The molecule has 39 heavy (non-hydrogen) atoms. The molecule has 1 spiro atoms. The Kier molecular flexibility index (Phi) is 7.57. The SMILES string of the molecule is CCCC(=O)NCCN1C[C@@H](C)C[C@H]2O[C@]3(CC[C@@H]4C(=C(C)C3)C[C@H]3[C@H]4CC[C@@H]4CC(=O)CC[C@@]43C)[C@H](C)[C@@H]21. The molecule has 0 aromatic heterocycles. The molecule has 1 N–H and O–H groups in total. The maximum absolute atomic E-state index is 12.3. The van der Waals surface area contributed by atoms with Crippen LogP contribution in [0.15, 0.2) is 11.1 Å². The molecule has 1 amide bonds. The van der Waals surface area contributed by atoms with Gasteiger partial charge in [0.2, 0.25) is 5.91 Å². The van der Waals surface area contributed by atoms with Gasteiger partial charge in [0.25, 0.3) is 0 Å². The Morgan fingerprint density at radius 1 is 1.15 bits per heavy atom. The summed E-state index contributed by atoms with van der Waals surface area (Å²) in [4.78, 5) is 27.1. The normalized spacial score (nSPS) is 45.9. The van der Waals surface area contributed by atoms with E-state index in [1.165, 1.54) is 32.1 Å². The van der Waals surface area contributed by atoms with Gasteiger partial charge < -0.3 is 10.1 Å². The number of nitrogens with zero attached hydrogens (tertiary/aromatic N) is 1. The average molecular weight is 539 g/mol. The summed E-state index contributed by atoms with van der Waals surface area (Å²) in [6.07, 6.45) is 13.2. The number of Topliss-reactive ketones (excluding diaryl/α,β-unsaturated/α-hetero) is 1. The zero-order chi connectivity index (χ0) is 27.5. The van der Waals surface area contributed by atoms with Crippen LogP contribution >= 0.6 is 0 Å². The summed E-state index contributed by atoms with van der Waals surface area (Å²) in [5.41, 5.74) is 3.74. The summed E-state index contributed by atoms with van der Waals surface area (Å²) in [5, 5.41) is 3.16. The molecule has 6 aliphatic rings. The van der Waals surface area contributed by atoms with Crippen LogP contribution in [0, 0.1) is 40.9 Å². The van der Waals surface area contributed by atoms with Gasteiger partial charge in [-0.25, -0.2) is 0 Å².